The number of fused-ring (bicyclic) bond motifs is 1. The lowest BCUT2D eigenvalue weighted by Gasteiger charge is -2.25. The molecule has 1 aromatic carbocycles. The molecule has 6 heteroatoms. The molecular formula is C19H21NO5. The van der Waals surface area contributed by atoms with Gasteiger partial charge in [-0.3, -0.25) is 9.59 Å². The predicted octanol–water partition coefficient (Wildman–Crippen LogP) is 2.92. The Morgan fingerprint density at radius 2 is 1.96 bits per heavy atom. The van der Waals surface area contributed by atoms with Gasteiger partial charge in [-0.15, -0.1) is 0 Å². The van der Waals surface area contributed by atoms with Crippen LogP contribution in [0, 0.1) is 6.92 Å². The standard InChI is InChI=1S/C19H21NO5/c1-10(2)24-14-6-5-12(8-15(14)23-4)13-9-17(21)25-16-7-11(3)20-19(22)18(13)16/h5-8,10,13H,9H2,1-4H3,(H,20,22). The minimum absolute atomic E-state index is 0.0101. The Morgan fingerprint density at radius 3 is 2.64 bits per heavy atom. The highest BCUT2D eigenvalue weighted by Gasteiger charge is 2.32. The molecule has 1 aliphatic heterocycles. The molecule has 0 radical (unpaired) electrons. The topological polar surface area (TPSA) is 77.6 Å². The maximum Gasteiger partial charge on any atom is 0.312 e. The van der Waals surface area contributed by atoms with Crippen molar-refractivity contribution in [3.8, 4) is 17.2 Å². The van der Waals surface area contributed by atoms with Crippen molar-refractivity contribution in [1.82, 2.24) is 4.98 Å². The van der Waals surface area contributed by atoms with Crippen molar-refractivity contribution in [2.24, 2.45) is 0 Å². The molecule has 1 aliphatic rings. The number of esters is 1. The van der Waals surface area contributed by atoms with E-state index in [1.807, 2.05) is 26.0 Å². The van der Waals surface area contributed by atoms with Gasteiger partial charge in [0.1, 0.15) is 5.75 Å². The Labute approximate surface area is 145 Å². The minimum atomic E-state index is -0.386. The van der Waals surface area contributed by atoms with Crippen LogP contribution in [0.1, 0.15) is 43.0 Å². The summed E-state index contributed by atoms with van der Waals surface area (Å²) in [6, 6.07) is 7.14. The van der Waals surface area contributed by atoms with Gasteiger partial charge < -0.3 is 19.2 Å². The number of nitrogens with one attached hydrogen (secondary N) is 1. The molecule has 132 valence electrons. The number of hydrogen-bond acceptors (Lipinski definition) is 5. The van der Waals surface area contributed by atoms with E-state index in [0.717, 1.165) is 5.56 Å². The van der Waals surface area contributed by atoms with Crippen LogP contribution in [-0.4, -0.2) is 24.2 Å². The largest absolute Gasteiger partial charge is 0.493 e. The summed E-state index contributed by atoms with van der Waals surface area (Å²) in [5, 5.41) is 0. The van der Waals surface area contributed by atoms with E-state index in [1.54, 1.807) is 26.2 Å². The lowest BCUT2D eigenvalue weighted by Crippen LogP contribution is -2.28. The van der Waals surface area contributed by atoms with Crippen LogP contribution in [0.3, 0.4) is 0 Å². The first kappa shape index (κ1) is 17.1. The lowest BCUT2D eigenvalue weighted by molar-refractivity contribution is -0.135. The highest BCUT2D eigenvalue weighted by molar-refractivity contribution is 5.77. The second-order valence-electron chi connectivity index (χ2n) is 6.37. The molecular weight excluding hydrogens is 322 g/mol. The van der Waals surface area contributed by atoms with Crippen molar-refractivity contribution in [2.75, 3.05) is 7.11 Å². The van der Waals surface area contributed by atoms with Crippen LogP contribution in [0.25, 0.3) is 0 Å². The Balaban J connectivity index is 2.08. The van der Waals surface area contributed by atoms with E-state index in [4.69, 9.17) is 14.2 Å². The number of benzene rings is 1. The fourth-order valence-corrected chi connectivity index (χ4v) is 3.05. The average molecular weight is 343 g/mol. The number of carbonyl (C=O) groups is 1. The van der Waals surface area contributed by atoms with Gasteiger partial charge in [0.25, 0.3) is 5.56 Å². The maximum atomic E-state index is 12.4. The van der Waals surface area contributed by atoms with Crippen molar-refractivity contribution < 1.29 is 19.0 Å². The molecule has 1 N–H and O–H groups in total. The van der Waals surface area contributed by atoms with Crippen molar-refractivity contribution in [3.05, 3.63) is 51.4 Å². The first-order valence-corrected chi connectivity index (χ1v) is 8.18. The van der Waals surface area contributed by atoms with E-state index in [0.29, 0.717) is 28.5 Å². The van der Waals surface area contributed by atoms with Gasteiger partial charge in [-0.2, -0.15) is 0 Å². The summed E-state index contributed by atoms with van der Waals surface area (Å²) in [5.74, 6) is 0.767. The molecule has 2 heterocycles. The molecule has 0 fully saturated rings. The molecule has 2 aromatic rings. The number of aromatic nitrogens is 1. The van der Waals surface area contributed by atoms with Crippen LogP contribution in [0.2, 0.25) is 0 Å². The highest BCUT2D eigenvalue weighted by atomic mass is 16.5. The van der Waals surface area contributed by atoms with Crippen LogP contribution >= 0.6 is 0 Å². The SMILES string of the molecule is COc1cc(C2CC(=O)Oc3cc(C)[nH]c(=O)c32)ccc1OC(C)C. The smallest absolute Gasteiger partial charge is 0.312 e. The molecule has 6 nitrogen and oxygen atoms in total. The van der Waals surface area contributed by atoms with Crippen LogP contribution in [0.5, 0.6) is 17.2 Å². The second-order valence-corrected chi connectivity index (χ2v) is 6.37. The van der Waals surface area contributed by atoms with E-state index in [9.17, 15) is 9.59 Å². The van der Waals surface area contributed by atoms with E-state index >= 15 is 0 Å². The van der Waals surface area contributed by atoms with Crippen molar-refractivity contribution in [1.29, 1.82) is 0 Å². The summed E-state index contributed by atoms with van der Waals surface area (Å²) < 4.78 is 16.4. The molecule has 0 saturated carbocycles. The molecule has 1 atom stereocenters. The summed E-state index contributed by atoms with van der Waals surface area (Å²) >= 11 is 0. The van der Waals surface area contributed by atoms with E-state index in [2.05, 4.69) is 4.98 Å². The number of hydrogen-bond donors (Lipinski definition) is 1. The van der Waals surface area contributed by atoms with Crippen molar-refractivity contribution >= 4 is 5.97 Å². The van der Waals surface area contributed by atoms with Gasteiger partial charge in [-0.1, -0.05) is 6.07 Å². The van der Waals surface area contributed by atoms with Gasteiger partial charge in [0.05, 0.1) is 25.2 Å². The first-order valence-electron chi connectivity index (χ1n) is 8.18. The number of rotatable bonds is 4. The zero-order valence-electron chi connectivity index (χ0n) is 14.7. The van der Waals surface area contributed by atoms with Gasteiger partial charge in [0.2, 0.25) is 0 Å². The normalized spacial score (nSPS) is 16.4. The van der Waals surface area contributed by atoms with Crippen molar-refractivity contribution in [3.63, 3.8) is 0 Å². The fourth-order valence-electron chi connectivity index (χ4n) is 3.05. The van der Waals surface area contributed by atoms with E-state index in [-0.39, 0.29) is 30.0 Å². The Bertz CT molecular complexity index is 869. The maximum absolute atomic E-state index is 12.4. The quantitative estimate of drug-likeness (QED) is 0.864. The summed E-state index contributed by atoms with van der Waals surface area (Å²) in [4.78, 5) is 27.2. The molecule has 3 rings (SSSR count). The predicted molar refractivity (Wildman–Crippen MR) is 92.7 cm³/mol. The molecule has 25 heavy (non-hydrogen) atoms. The van der Waals surface area contributed by atoms with Crippen LogP contribution in [-0.2, 0) is 4.79 Å². The monoisotopic (exact) mass is 343 g/mol. The van der Waals surface area contributed by atoms with Crippen LogP contribution in [0.4, 0.5) is 0 Å². The van der Waals surface area contributed by atoms with Gasteiger partial charge in [-0.25, -0.2) is 0 Å². The van der Waals surface area contributed by atoms with Crippen LogP contribution < -0.4 is 19.8 Å². The lowest BCUT2D eigenvalue weighted by atomic mass is 9.87. The Hall–Kier alpha value is -2.76. The van der Waals surface area contributed by atoms with E-state index in [1.165, 1.54) is 0 Å². The molecule has 0 spiro atoms. The highest BCUT2D eigenvalue weighted by Crippen LogP contribution is 2.39. The third-order valence-electron chi connectivity index (χ3n) is 4.06. The Morgan fingerprint density at radius 1 is 1.20 bits per heavy atom. The number of aryl methyl sites for hydroxylation is 1. The third-order valence-corrected chi connectivity index (χ3v) is 4.06. The van der Waals surface area contributed by atoms with Gasteiger partial charge in [0, 0.05) is 17.7 Å². The zero-order chi connectivity index (χ0) is 18.1. The average Bonchev–Trinajstić information content (AvgIpc) is 2.53. The first-order chi connectivity index (χ1) is 11.9. The number of carbonyl (C=O) groups excluding carboxylic acids is 1. The molecule has 1 unspecified atom stereocenters. The summed E-state index contributed by atoms with van der Waals surface area (Å²) in [5.41, 5.74) is 1.68. The number of H-pyrrole nitrogens is 1. The van der Waals surface area contributed by atoms with Gasteiger partial charge >= 0.3 is 5.97 Å². The Kier molecular flexibility index (Phi) is 4.53. The van der Waals surface area contributed by atoms with Crippen LogP contribution in [0.15, 0.2) is 29.1 Å². The summed E-state index contributed by atoms with van der Waals surface area (Å²) in [7, 11) is 1.56. The molecule has 0 bridgehead atoms. The summed E-state index contributed by atoms with van der Waals surface area (Å²) in [6.45, 7) is 5.62. The number of aromatic amines is 1. The molecule has 0 saturated heterocycles. The third kappa shape index (κ3) is 3.38. The second kappa shape index (κ2) is 6.63. The zero-order valence-corrected chi connectivity index (χ0v) is 14.7. The van der Waals surface area contributed by atoms with E-state index < -0.39 is 0 Å². The minimum Gasteiger partial charge on any atom is -0.493 e. The van der Waals surface area contributed by atoms with Gasteiger partial charge in [-0.05, 0) is 38.5 Å². The molecule has 0 amide bonds. The molecule has 1 aromatic heterocycles. The summed E-state index contributed by atoms with van der Waals surface area (Å²) in [6.07, 6.45) is 0.114. The number of pyridine rings is 1. The fraction of sp³-hybridized carbons (Fsp3) is 0.368. The van der Waals surface area contributed by atoms with Crippen molar-refractivity contribution in [2.45, 2.75) is 39.2 Å². The number of ether oxygens (including phenoxy) is 3. The number of methoxy groups -OCH3 is 1. The molecule has 0 aliphatic carbocycles. The van der Waals surface area contributed by atoms with Gasteiger partial charge in [0.15, 0.2) is 11.5 Å².